The molecule has 7 heteroatoms. The minimum atomic E-state index is -0.735. The molecule has 0 aliphatic rings. The summed E-state index contributed by atoms with van der Waals surface area (Å²) in [6.45, 7) is 3.57. The Labute approximate surface area is 139 Å². The fraction of sp³-hybridized carbons (Fsp3) is 0.412. The summed E-state index contributed by atoms with van der Waals surface area (Å²) in [5.74, 6) is -1.09. The van der Waals surface area contributed by atoms with Crippen molar-refractivity contribution < 1.29 is 14.3 Å². The molecule has 0 aliphatic heterocycles. The van der Waals surface area contributed by atoms with E-state index in [1.54, 1.807) is 24.3 Å². The molecule has 0 aliphatic carbocycles. The summed E-state index contributed by atoms with van der Waals surface area (Å²) in [6, 6.07) is 6.73. The molecule has 0 atom stereocenters. The van der Waals surface area contributed by atoms with E-state index in [1.165, 1.54) is 7.05 Å². The highest BCUT2D eigenvalue weighted by Crippen LogP contribution is 2.13. The topological polar surface area (TPSA) is 90.3 Å². The number of hydrogen-bond donors (Lipinski definition) is 1. The molecule has 1 aromatic heterocycles. The van der Waals surface area contributed by atoms with Gasteiger partial charge >= 0.3 is 5.97 Å². The average Bonchev–Trinajstić information content (AvgIpc) is 2.60. The van der Waals surface area contributed by atoms with Crippen LogP contribution in [-0.2, 0) is 16.6 Å². The number of fused-ring (bicyclic) bond motifs is 1. The second-order valence-corrected chi connectivity index (χ2v) is 5.48. The number of hydrogen-bond acceptors (Lipinski definition) is 5. The Morgan fingerprint density at radius 3 is 2.46 bits per heavy atom. The average molecular weight is 331 g/mol. The van der Waals surface area contributed by atoms with Crippen molar-refractivity contribution >= 4 is 22.6 Å². The van der Waals surface area contributed by atoms with Crippen LogP contribution < -0.4 is 10.9 Å². The highest BCUT2D eigenvalue weighted by molar-refractivity contribution is 6.02. The molecule has 1 amide bonds. The number of benzene rings is 1. The third-order valence-corrected chi connectivity index (χ3v) is 3.83. The lowest BCUT2D eigenvalue weighted by molar-refractivity contribution is -0.125. The Morgan fingerprint density at radius 2 is 1.83 bits per heavy atom. The molecule has 2 aromatic rings. The second kappa shape index (κ2) is 7.72. The number of carbonyl (C=O) groups excluding carboxylic acids is 2. The molecule has 1 aromatic carbocycles. The number of aromatic nitrogens is 2. The maximum Gasteiger partial charge on any atom is 0.359 e. The van der Waals surface area contributed by atoms with Crippen molar-refractivity contribution in [2.45, 2.75) is 32.7 Å². The van der Waals surface area contributed by atoms with Gasteiger partial charge in [0, 0.05) is 18.5 Å². The molecule has 0 unspecified atom stereocenters. The molecule has 24 heavy (non-hydrogen) atoms. The molecule has 1 N–H and O–H groups in total. The Hall–Kier alpha value is -2.70. The number of aryl methyl sites for hydroxylation is 1. The summed E-state index contributed by atoms with van der Waals surface area (Å²) in [7, 11) is 1.46. The zero-order valence-electron chi connectivity index (χ0n) is 14.0. The van der Waals surface area contributed by atoms with Crippen LogP contribution in [0.4, 0.5) is 0 Å². The van der Waals surface area contributed by atoms with Crippen LogP contribution in [0.15, 0.2) is 29.1 Å². The molecular formula is C17H21N3O4. The van der Waals surface area contributed by atoms with Gasteiger partial charge in [0.25, 0.3) is 11.5 Å². The van der Waals surface area contributed by atoms with Crippen molar-refractivity contribution in [1.82, 2.24) is 15.1 Å². The fourth-order valence-corrected chi connectivity index (χ4v) is 2.41. The quantitative estimate of drug-likeness (QED) is 0.808. The van der Waals surface area contributed by atoms with Gasteiger partial charge in [-0.2, -0.15) is 5.10 Å². The highest BCUT2D eigenvalue weighted by atomic mass is 16.5. The normalized spacial score (nSPS) is 10.8. The largest absolute Gasteiger partial charge is 0.451 e. The SMILES string of the molecule is CCC(CC)NC(=O)COC(=O)c1nn(C)c(=O)c2ccccc12. The van der Waals surface area contributed by atoms with Crippen LogP contribution in [-0.4, -0.2) is 34.3 Å². The summed E-state index contributed by atoms with van der Waals surface area (Å²) in [6.07, 6.45) is 1.62. The lowest BCUT2D eigenvalue weighted by Gasteiger charge is -2.14. The van der Waals surface area contributed by atoms with E-state index in [2.05, 4.69) is 10.4 Å². The van der Waals surface area contributed by atoms with E-state index in [0.717, 1.165) is 17.5 Å². The number of rotatable bonds is 6. The lowest BCUT2D eigenvalue weighted by atomic mass is 10.1. The van der Waals surface area contributed by atoms with Gasteiger partial charge in [-0.25, -0.2) is 9.48 Å². The van der Waals surface area contributed by atoms with Crippen molar-refractivity contribution in [3.8, 4) is 0 Å². The van der Waals surface area contributed by atoms with Gasteiger partial charge in [-0.15, -0.1) is 0 Å². The van der Waals surface area contributed by atoms with Gasteiger partial charge in [0.2, 0.25) is 0 Å². The highest BCUT2D eigenvalue weighted by Gasteiger charge is 2.18. The minimum absolute atomic E-state index is 0.0167. The zero-order chi connectivity index (χ0) is 17.7. The molecule has 0 fully saturated rings. The van der Waals surface area contributed by atoms with Gasteiger partial charge in [-0.3, -0.25) is 9.59 Å². The first kappa shape index (κ1) is 17.7. The van der Waals surface area contributed by atoms with Gasteiger partial charge in [0.1, 0.15) is 0 Å². The fourth-order valence-electron chi connectivity index (χ4n) is 2.41. The molecule has 0 saturated carbocycles. The van der Waals surface area contributed by atoms with E-state index in [9.17, 15) is 14.4 Å². The van der Waals surface area contributed by atoms with Gasteiger partial charge in [0.15, 0.2) is 12.3 Å². The van der Waals surface area contributed by atoms with E-state index in [1.807, 2.05) is 13.8 Å². The van der Waals surface area contributed by atoms with Crippen molar-refractivity contribution in [1.29, 1.82) is 0 Å². The van der Waals surface area contributed by atoms with Crippen molar-refractivity contribution in [3.63, 3.8) is 0 Å². The molecule has 128 valence electrons. The Kier molecular flexibility index (Phi) is 5.68. The van der Waals surface area contributed by atoms with Crippen LogP contribution in [0.1, 0.15) is 37.2 Å². The smallest absolute Gasteiger partial charge is 0.359 e. The van der Waals surface area contributed by atoms with Crippen LogP contribution >= 0.6 is 0 Å². The number of amides is 1. The zero-order valence-corrected chi connectivity index (χ0v) is 14.0. The third-order valence-electron chi connectivity index (χ3n) is 3.83. The van der Waals surface area contributed by atoms with E-state index in [-0.39, 0.29) is 29.8 Å². The van der Waals surface area contributed by atoms with E-state index >= 15 is 0 Å². The standard InChI is InChI=1S/C17H21N3O4/c1-4-11(5-2)18-14(21)10-24-17(23)15-12-8-6-7-9-13(12)16(22)20(3)19-15/h6-9,11H,4-5,10H2,1-3H3,(H,18,21). The summed E-state index contributed by atoms with van der Waals surface area (Å²) >= 11 is 0. The first-order valence-electron chi connectivity index (χ1n) is 7.90. The van der Waals surface area contributed by atoms with Crippen molar-refractivity contribution in [3.05, 3.63) is 40.3 Å². The first-order valence-corrected chi connectivity index (χ1v) is 7.90. The predicted molar refractivity (Wildman–Crippen MR) is 89.8 cm³/mol. The monoisotopic (exact) mass is 331 g/mol. The number of nitrogens with zero attached hydrogens (tertiary/aromatic N) is 2. The summed E-state index contributed by atoms with van der Waals surface area (Å²) in [4.78, 5) is 36.1. The molecule has 2 rings (SSSR count). The second-order valence-electron chi connectivity index (χ2n) is 5.48. The van der Waals surface area contributed by atoms with Gasteiger partial charge in [0.05, 0.1) is 5.39 Å². The van der Waals surface area contributed by atoms with Gasteiger partial charge in [-0.1, -0.05) is 32.0 Å². The molecule has 0 bridgehead atoms. The van der Waals surface area contributed by atoms with Gasteiger partial charge < -0.3 is 10.1 Å². The lowest BCUT2D eigenvalue weighted by Crippen LogP contribution is -2.37. The van der Waals surface area contributed by atoms with Gasteiger partial charge in [-0.05, 0) is 18.9 Å². The van der Waals surface area contributed by atoms with E-state index < -0.39 is 5.97 Å². The number of carbonyl (C=O) groups is 2. The summed E-state index contributed by atoms with van der Waals surface area (Å²) in [5, 5.41) is 7.55. The first-order chi connectivity index (χ1) is 11.5. The number of ether oxygens (including phenoxy) is 1. The molecule has 7 nitrogen and oxygen atoms in total. The van der Waals surface area contributed by atoms with Crippen LogP contribution in [0, 0.1) is 0 Å². The van der Waals surface area contributed by atoms with Crippen molar-refractivity contribution in [2.24, 2.45) is 7.05 Å². The Morgan fingerprint density at radius 1 is 1.21 bits per heavy atom. The number of esters is 1. The third kappa shape index (κ3) is 3.79. The predicted octanol–water partition coefficient (Wildman–Crippen LogP) is 1.40. The molecule has 0 saturated heterocycles. The van der Waals surface area contributed by atoms with Crippen LogP contribution in [0.3, 0.4) is 0 Å². The summed E-state index contributed by atoms with van der Waals surface area (Å²) < 4.78 is 6.14. The van der Waals surface area contributed by atoms with Crippen LogP contribution in [0.5, 0.6) is 0 Å². The van der Waals surface area contributed by atoms with Crippen LogP contribution in [0.25, 0.3) is 10.8 Å². The Bertz CT molecular complexity index is 809. The molecule has 1 heterocycles. The maximum atomic E-state index is 12.3. The maximum absolute atomic E-state index is 12.3. The van der Waals surface area contributed by atoms with Crippen molar-refractivity contribution in [2.75, 3.05) is 6.61 Å². The molecule has 0 spiro atoms. The minimum Gasteiger partial charge on any atom is -0.451 e. The Balaban J connectivity index is 2.16. The summed E-state index contributed by atoms with van der Waals surface area (Å²) in [5.41, 5.74) is -0.281. The molecule has 0 radical (unpaired) electrons. The van der Waals surface area contributed by atoms with Crippen LogP contribution in [0.2, 0.25) is 0 Å². The number of nitrogens with one attached hydrogen (secondary N) is 1. The van der Waals surface area contributed by atoms with E-state index in [4.69, 9.17) is 4.74 Å². The molecular weight excluding hydrogens is 310 g/mol. The van der Waals surface area contributed by atoms with E-state index in [0.29, 0.717) is 10.8 Å².